The lowest BCUT2D eigenvalue weighted by Crippen LogP contribution is -2.67. The number of benzene rings is 3. The quantitative estimate of drug-likeness (QED) is 0.0872. The van der Waals surface area contributed by atoms with Gasteiger partial charge in [0, 0.05) is 10.7 Å². The van der Waals surface area contributed by atoms with Gasteiger partial charge < -0.3 is 9.64 Å². The fourth-order valence-electron chi connectivity index (χ4n) is 4.79. The van der Waals surface area contributed by atoms with Crippen LogP contribution in [0.3, 0.4) is 0 Å². The highest BCUT2D eigenvalue weighted by atomic mass is 35.5. The number of carbonyl (C=O) groups excluding carboxylic acids is 3. The summed E-state index contributed by atoms with van der Waals surface area (Å²) in [6.45, 7) is 4.51. The summed E-state index contributed by atoms with van der Waals surface area (Å²) in [5.74, 6) is -1.35. The van der Waals surface area contributed by atoms with E-state index in [2.05, 4.69) is 6.92 Å². The predicted octanol–water partition coefficient (Wildman–Crippen LogP) is 8.19. The number of halogens is 5. The number of fused-ring (bicyclic) bond motifs is 1. The van der Waals surface area contributed by atoms with Gasteiger partial charge in [-0.2, -0.15) is 0 Å². The third-order valence-electron chi connectivity index (χ3n) is 6.90. The number of unbranched alkanes of at least 4 members (excludes halogenated alkanes) is 1. The van der Waals surface area contributed by atoms with Crippen molar-refractivity contribution in [3.05, 3.63) is 89.8 Å². The van der Waals surface area contributed by atoms with Crippen LogP contribution in [0, 0.1) is 6.92 Å². The number of amides is 3. The normalized spacial score (nSPS) is 18.5. The van der Waals surface area contributed by atoms with Gasteiger partial charge in [0.05, 0.1) is 43.9 Å². The van der Waals surface area contributed by atoms with Crippen LogP contribution in [-0.4, -0.2) is 35.3 Å². The zero-order chi connectivity index (χ0) is 28.2. The molecule has 3 aromatic rings. The average molecular weight is 627 g/mol. The number of imide groups is 1. The summed E-state index contributed by atoms with van der Waals surface area (Å²) in [5, 5.41) is -0.194. The van der Waals surface area contributed by atoms with E-state index in [-0.39, 0.29) is 31.2 Å². The van der Waals surface area contributed by atoms with Crippen molar-refractivity contribution in [2.24, 2.45) is 0 Å². The first-order valence-corrected chi connectivity index (χ1v) is 14.0. The van der Waals surface area contributed by atoms with Crippen molar-refractivity contribution in [3.63, 3.8) is 0 Å². The molecule has 5 rings (SSSR count). The zero-order valence-electron chi connectivity index (χ0n) is 20.7. The molecule has 0 saturated carbocycles. The van der Waals surface area contributed by atoms with E-state index in [1.54, 1.807) is 42.5 Å². The Morgan fingerprint density at radius 1 is 0.769 bits per heavy atom. The van der Waals surface area contributed by atoms with Gasteiger partial charge in [-0.1, -0.05) is 89.5 Å². The molecule has 0 bridgehead atoms. The van der Waals surface area contributed by atoms with Crippen molar-refractivity contribution in [2.45, 2.75) is 38.8 Å². The molecule has 0 N–H and O–H groups in total. The van der Waals surface area contributed by atoms with Crippen LogP contribution in [0.15, 0.2) is 42.5 Å². The van der Waals surface area contributed by atoms with Gasteiger partial charge in [-0.15, -0.1) is 0 Å². The lowest BCUT2D eigenvalue weighted by atomic mass is 9.86. The molecule has 2 heterocycles. The Morgan fingerprint density at radius 2 is 1.36 bits per heavy atom. The Morgan fingerprint density at radius 3 is 1.90 bits per heavy atom. The molecule has 3 amide bonds. The highest BCUT2D eigenvalue weighted by molar-refractivity contribution is 6.55. The molecule has 2 atom stereocenters. The van der Waals surface area contributed by atoms with Crippen LogP contribution in [0.25, 0.3) is 0 Å². The molecular formula is C28H21Cl5N2O4. The Hall–Kier alpha value is -2.48. The number of hydrogen-bond donors (Lipinski definition) is 0. The fraction of sp³-hybridized carbons (Fsp3) is 0.250. The van der Waals surface area contributed by atoms with Crippen LogP contribution in [0.2, 0.25) is 25.1 Å². The number of anilines is 1. The topological polar surface area (TPSA) is 66.9 Å². The summed E-state index contributed by atoms with van der Waals surface area (Å²) in [6.07, 6.45) is 1.92. The first-order valence-electron chi connectivity index (χ1n) is 12.1. The van der Waals surface area contributed by atoms with E-state index in [9.17, 15) is 14.4 Å². The van der Waals surface area contributed by atoms with Crippen LogP contribution in [0.4, 0.5) is 5.69 Å². The summed E-state index contributed by atoms with van der Waals surface area (Å²) in [6, 6.07) is 10.5. The van der Waals surface area contributed by atoms with Gasteiger partial charge in [0.25, 0.3) is 17.7 Å². The maximum Gasteiger partial charge on any atom is 0.264 e. The van der Waals surface area contributed by atoms with E-state index in [0.717, 1.165) is 23.3 Å². The van der Waals surface area contributed by atoms with Crippen molar-refractivity contribution in [2.75, 3.05) is 11.5 Å². The molecule has 39 heavy (non-hydrogen) atoms. The molecule has 1 saturated heterocycles. The molecule has 0 unspecified atom stereocenters. The van der Waals surface area contributed by atoms with E-state index in [0.29, 0.717) is 28.6 Å². The van der Waals surface area contributed by atoms with E-state index in [1.165, 1.54) is 4.90 Å². The Kier molecular flexibility index (Phi) is 7.79. The van der Waals surface area contributed by atoms with Crippen LogP contribution in [0.5, 0.6) is 5.75 Å². The molecular weight excluding hydrogens is 606 g/mol. The van der Waals surface area contributed by atoms with Crippen molar-refractivity contribution in [1.82, 2.24) is 4.90 Å². The van der Waals surface area contributed by atoms with E-state index in [1.807, 2.05) is 6.92 Å². The van der Waals surface area contributed by atoms with Gasteiger partial charge in [-0.05, 0) is 48.7 Å². The summed E-state index contributed by atoms with van der Waals surface area (Å²) in [7, 11) is 0. The second kappa shape index (κ2) is 10.8. The Balaban J connectivity index is 1.57. The minimum absolute atomic E-state index is 0.142. The molecule has 202 valence electrons. The standard InChI is InChI=1S/C28H21Cl5N2O4/c1-3-4-11-39-16-9-6-14(7-10-16)24-25(28(38)34(24)15-8-5-13(2)17(29)12-15)35-26(36)18-19(27(35)37)21(31)23(33)22(32)20(18)30/h5-10,12,24-25H,3-4,11H2,1-2H3/t24-,25+/m1/s1. The van der Waals surface area contributed by atoms with E-state index >= 15 is 0 Å². The summed E-state index contributed by atoms with van der Waals surface area (Å²) in [5.41, 5.74) is 1.70. The summed E-state index contributed by atoms with van der Waals surface area (Å²) in [4.78, 5) is 43.3. The van der Waals surface area contributed by atoms with Crippen molar-refractivity contribution in [1.29, 1.82) is 0 Å². The van der Waals surface area contributed by atoms with Gasteiger partial charge in [0.2, 0.25) is 0 Å². The number of nitrogens with zero attached hydrogens (tertiary/aromatic N) is 2. The van der Waals surface area contributed by atoms with E-state index < -0.39 is 29.8 Å². The van der Waals surface area contributed by atoms with Gasteiger partial charge >= 0.3 is 0 Å². The van der Waals surface area contributed by atoms with E-state index in [4.69, 9.17) is 62.7 Å². The Labute approximate surface area is 250 Å². The first kappa shape index (κ1) is 28.1. The molecule has 1 fully saturated rings. The smallest absolute Gasteiger partial charge is 0.264 e. The number of aryl methyl sites for hydroxylation is 1. The molecule has 0 aliphatic carbocycles. The summed E-state index contributed by atoms with van der Waals surface area (Å²) < 4.78 is 5.78. The van der Waals surface area contributed by atoms with Gasteiger partial charge in [-0.3, -0.25) is 19.3 Å². The Bertz CT molecular complexity index is 1480. The second-order valence-electron chi connectivity index (χ2n) is 9.29. The molecule has 11 heteroatoms. The third-order valence-corrected chi connectivity index (χ3v) is 9.11. The average Bonchev–Trinajstić information content (AvgIpc) is 3.17. The minimum atomic E-state index is -1.17. The SMILES string of the molecule is CCCCOc1ccc([C@@H]2[C@H](N3C(=O)c4c(Cl)c(Cl)c(Cl)c(Cl)c4C3=O)C(=O)N2c2ccc(C)c(Cl)c2)cc1. The largest absolute Gasteiger partial charge is 0.494 e. The number of carbonyl (C=O) groups is 3. The van der Waals surface area contributed by atoms with Gasteiger partial charge in [0.15, 0.2) is 0 Å². The molecule has 0 radical (unpaired) electrons. The van der Waals surface area contributed by atoms with Gasteiger partial charge in [-0.25, -0.2) is 0 Å². The van der Waals surface area contributed by atoms with Crippen molar-refractivity contribution >= 4 is 81.4 Å². The molecule has 0 spiro atoms. The maximum atomic E-state index is 13.7. The maximum absolute atomic E-state index is 13.7. The second-order valence-corrected chi connectivity index (χ2v) is 11.2. The van der Waals surface area contributed by atoms with Gasteiger partial charge in [0.1, 0.15) is 11.8 Å². The monoisotopic (exact) mass is 624 g/mol. The third kappa shape index (κ3) is 4.56. The molecule has 0 aromatic heterocycles. The molecule has 6 nitrogen and oxygen atoms in total. The van der Waals surface area contributed by atoms with Crippen molar-refractivity contribution in [3.8, 4) is 5.75 Å². The molecule has 3 aromatic carbocycles. The van der Waals surface area contributed by atoms with Crippen LogP contribution in [-0.2, 0) is 4.79 Å². The van der Waals surface area contributed by atoms with Crippen LogP contribution < -0.4 is 9.64 Å². The number of hydrogen-bond acceptors (Lipinski definition) is 4. The lowest BCUT2D eigenvalue weighted by Gasteiger charge is -2.49. The molecule has 2 aliphatic rings. The molecule has 2 aliphatic heterocycles. The first-order chi connectivity index (χ1) is 18.6. The predicted molar refractivity (Wildman–Crippen MR) is 154 cm³/mol. The van der Waals surface area contributed by atoms with Crippen LogP contribution >= 0.6 is 58.0 Å². The number of rotatable bonds is 7. The fourth-order valence-corrected chi connectivity index (χ4v) is 5.98. The van der Waals surface area contributed by atoms with Crippen molar-refractivity contribution < 1.29 is 19.1 Å². The number of β-lactam (4-membered cyclic amide) rings is 1. The van der Waals surface area contributed by atoms with Crippen LogP contribution in [0.1, 0.15) is 57.7 Å². The highest BCUT2D eigenvalue weighted by Crippen LogP contribution is 2.49. The lowest BCUT2D eigenvalue weighted by molar-refractivity contribution is -0.130. The highest BCUT2D eigenvalue weighted by Gasteiger charge is 2.58. The number of ether oxygens (including phenoxy) is 1. The zero-order valence-corrected chi connectivity index (χ0v) is 24.5. The summed E-state index contributed by atoms with van der Waals surface area (Å²) >= 11 is 31.4. The minimum Gasteiger partial charge on any atom is -0.494 e.